The van der Waals surface area contributed by atoms with Gasteiger partial charge in [0.05, 0.1) is 22.8 Å². The van der Waals surface area contributed by atoms with E-state index in [-0.39, 0.29) is 12.8 Å². The first kappa shape index (κ1) is 44.2. The van der Waals surface area contributed by atoms with Gasteiger partial charge >= 0.3 is 11.9 Å². The molecule has 298 valence electrons. The Bertz CT molecular complexity index is 2230. The number of aliphatic hydroxyl groups is 4. The van der Waals surface area contributed by atoms with Crippen molar-refractivity contribution in [2.75, 3.05) is 26.7 Å². The van der Waals surface area contributed by atoms with Crippen molar-refractivity contribution >= 4 is 74.2 Å². The van der Waals surface area contributed by atoms with Crippen molar-refractivity contribution in [2.45, 2.75) is 53.4 Å². The van der Waals surface area contributed by atoms with Crippen LogP contribution in [0.1, 0.15) is 78.1 Å². The van der Waals surface area contributed by atoms with Crippen molar-refractivity contribution < 1.29 is 49.8 Å². The summed E-state index contributed by atoms with van der Waals surface area (Å²) in [6.07, 6.45) is 4.22. The number of carboxylic acids is 2. The van der Waals surface area contributed by atoms with Gasteiger partial charge in [0.2, 0.25) is 11.8 Å². The number of aliphatic hydroxyl groups excluding tert-OH is 4. The molecule has 56 heavy (non-hydrogen) atoms. The van der Waals surface area contributed by atoms with E-state index in [1.165, 1.54) is 0 Å². The first-order valence-electron chi connectivity index (χ1n) is 17.5. The van der Waals surface area contributed by atoms with Crippen LogP contribution in [0.5, 0.6) is 0 Å². The van der Waals surface area contributed by atoms with Crippen LogP contribution in [0.2, 0.25) is 0 Å². The molecule has 0 unspecified atom stereocenters. The summed E-state index contributed by atoms with van der Waals surface area (Å²) >= 11 is 0. The molecule has 0 spiro atoms. The summed E-state index contributed by atoms with van der Waals surface area (Å²) in [5.41, 5.74) is 13.7. The van der Waals surface area contributed by atoms with Crippen LogP contribution in [0, 0.1) is 13.8 Å². The molecule has 8 bridgehead atoms. The maximum absolute atomic E-state index is 11.5. The van der Waals surface area contributed by atoms with Crippen molar-refractivity contribution in [3.63, 3.8) is 0 Å². The lowest BCUT2D eigenvalue weighted by Crippen LogP contribution is -2.26. The number of allylic oxidation sites excluding steroid dienone is 5. The van der Waals surface area contributed by atoms with E-state index in [1.54, 1.807) is 6.08 Å². The Morgan fingerprint density at radius 2 is 1.12 bits per heavy atom. The minimum Gasteiger partial charge on any atom is -0.481 e. The highest BCUT2D eigenvalue weighted by atomic mass is 16.4. The zero-order chi connectivity index (χ0) is 41.7. The van der Waals surface area contributed by atoms with E-state index in [4.69, 9.17) is 30.4 Å². The van der Waals surface area contributed by atoms with Crippen molar-refractivity contribution in [2.24, 2.45) is 0 Å². The highest BCUT2D eigenvalue weighted by Crippen LogP contribution is 2.36. The number of hydrogen-bond acceptors (Lipinski definition) is 10. The Morgan fingerprint density at radius 1 is 0.643 bits per heavy atom. The SMILES string of the molecule is C=CC1=C(C)c2cc3[nH]c(cc4nc(cc5[nH]c(cc1n2)c(C)c5CCC(=O)O)C(CCC(=O)O)=C4C)c(C)c3C=C.O=C(CO)NCO.O=C(CO)NCO. The van der Waals surface area contributed by atoms with Crippen LogP contribution >= 0.6 is 0 Å². The Balaban J connectivity index is 0.000000512. The number of rotatable bonds is 12. The summed E-state index contributed by atoms with van der Waals surface area (Å²) in [7, 11) is 0. The molecule has 2 aliphatic rings. The monoisotopic (exact) mass is 772 g/mol. The van der Waals surface area contributed by atoms with Gasteiger partial charge in [-0.1, -0.05) is 25.3 Å². The summed E-state index contributed by atoms with van der Waals surface area (Å²) in [5, 5.41) is 54.6. The molecule has 16 heteroatoms. The van der Waals surface area contributed by atoms with E-state index in [1.807, 2.05) is 68.7 Å². The summed E-state index contributed by atoms with van der Waals surface area (Å²) in [6, 6.07) is 7.88. The summed E-state index contributed by atoms with van der Waals surface area (Å²) in [4.78, 5) is 59.8. The smallest absolute Gasteiger partial charge is 0.303 e. The van der Waals surface area contributed by atoms with Gasteiger partial charge < -0.3 is 51.2 Å². The van der Waals surface area contributed by atoms with Gasteiger partial charge in [0.1, 0.15) is 26.7 Å². The molecule has 2 aliphatic heterocycles. The number of carboxylic acid groups (broad SMARTS) is 2. The number of nitrogens with one attached hydrogen (secondary N) is 4. The number of aliphatic carboxylic acids is 2. The molecule has 3 aromatic heterocycles. The zero-order valence-electron chi connectivity index (χ0n) is 31.7. The Kier molecular flexibility index (Phi) is 16.2. The molecule has 0 aliphatic carbocycles. The number of aryl methyl sites for hydroxylation is 3. The topological polar surface area (TPSA) is 271 Å². The van der Waals surface area contributed by atoms with Crippen LogP contribution in [-0.2, 0) is 25.6 Å². The van der Waals surface area contributed by atoms with Gasteiger partial charge in [-0.25, -0.2) is 9.97 Å². The molecule has 0 saturated heterocycles. The van der Waals surface area contributed by atoms with Crippen molar-refractivity contribution in [1.82, 2.24) is 30.6 Å². The van der Waals surface area contributed by atoms with Crippen molar-refractivity contribution in [3.05, 3.63) is 88.5 Å². The third-order valence-corrected chi connectivity index (χ3v) is 9.06. The maximum Gasteiger partial charge on any atom is 0.303 e. The van der Waals surface area contributed by atoms with Crippen molar-refractivity contribution in [3.8, 4) is 0 Å². The second-order valence-electron chi connectivity index (χ2n) is 12.6. The van der Waals surface area contributed by atoms with Crippen molar-refractivity contribution in [1.29, 1.82) is 0 Å². The van der Waals surface area contributed by atoms with Gasteiger partial charge in [0, 0.05) is 46.0 Å². The molecule has 0 atom stereocenters. The number of carbonyl (C=O) groups excluding carboxylic acids is 2. The summed E-state index contributed by atoms with van der Waals surface area (Å²) < 4.78 is 0. The van der Waals surface area contributed by atoms with Crippen LogP contribution in [0.4, 0.5) is 0 Å². The predicted octanol–water partition coefficient (Wildman–Crippen LogP) is 3.59. The largest absolute Gasteiger partial charge is 0.481 e. The molecule has 16 nitrogen and oxygen atoms in total. The van der Waals surface area contributed by atoms with E-state index < -0.39 is 50.4 Å². The van der Waals surface area contributed by atoms with Gasteiger partial charge in [0.25, 0.3) is 0 Å². The Morgan fingerprint density at radius 3 is 1.64 bits per heavy atom. The predicted molar refractivity (Wildman–Crippen MR) is 213 cm³/mol. The van der Waals surface area contributed by atoms with Gasteiger partial charge in [0.15, 0.2) is 0 Å². The fourth-order valence-electron chi connectivity index (χ4n) is 6.06. The maximum atomic E-state index is 11.5. The highest BCUT2D eigenvalue weighted by Gasteiger charge is 2.21. The van der Waals surface area contributed by atoms with E-state index in [2.05, 4.69) is 23.1 Å². The quantitative estimate of drug-likeness (QED) is 0.118. The van der Waals surface area contributed by atoms with Crippen LogP contribution < -0.4 is 10.6 Å². The van der Waals surface area contributed by atoms with E-state index in [0.29, 0.717) is 18.5 Å². The Labute approximate surface area is 322 Å². The first-order valence-corrected chi connectivity index (χ1v) is 17.5. The van der Waals surface area contributed by atoms with Gasteiger partial charge in [-0.2, -0.15) is 0 Å². The lowest BCUT2D eigenvalue weighted by molar-refractivity contribution is -0.137. The summed E-state index contributed by atoms with van der Waals surface area (Å²) in [5.74, 6) is -2.90. The minimum absolute atomic E-state index is 0.0259. The molecule has 5 rings (SSSR count). The molecule has 0 saturated carbocycles. The van der Waals surface area contributed by atoms with Crippen LogP contribution in [0.15, 0.2) is 43.5 Å². The van der Waals surface area contributed by atoms with Crippen LogP contribution in [-0.4, -0.2) is 101 Å². The standard InChI is InChI=1S/C34H34N4O4.2C3H7NO3/c1-7-21-17(3)25-13-26-19(5)23(9-11-33(39)40)31(37-26)16-32-24(10-12-34(41)42)20(6)28(38-32)15-30-22(8-2)18(4)27(36-30)14-29(21)35-25;2*5-1-3(7)4-2-6/h7-8,13-16,35,38H,1-2,9-12H2,3-6H3,(H,39,40)(H,41,42);2*5-6H,1-2H2,(H,4,7). The lowest BCUT2D eigenvalue weighted by atomic mass is 10.0. The number of H-pyrrole nitrogens is 2. The molecule has 0 aromatic carbocycles. The molecule has 0 fully saturated rings. The van der Waals surface area contributed by atoms with E-state index in [0.717, 1.165) is 83.7 Å². The third kappa shape index (κ3) is 10.9. The average molecular weight is 773 g/mol. The average Bonchev–Trinajstić information content (AvgIpc) is 3.82. The van der Waals surface area contributed by atoms with E-state index in [9.17, 15) is 29.4 Å². The number of aromatic nitrogens is 4. The molecule has 3 aromatic rings. The fourth-order valence-corrected chi connectivity index (χ4v) is 6.06. The lowest BCUT2D eigenvalue weighted by Gasteiger charge is -2.03. The zero-order valence-corrected chi connectivity index (χ0v) is 31.7. The second kappa shape index (κ2) is 20.5. The first-order chi connectivity index (χ1) is 26.6. The van der Waals surface area contributed by atoms with Crippen LogP contribution in [0.3, 0.4) is 0 Å². The minimum atomic E-state index is -0.883. The molecule has 10 N–H and O–H groups in total. The number of nitrogens with zero attached hydrogens (tertiary/aromatic N) is 2. The molecular weight excluding hydrogens is 724 g/mol. The second-order valence-corrected chi connectivity index (χ2v) is 12.6. The third-order valence-electron chi connectivity index (χ3n) is 9.06. The number of carbonyl (C=O) groups is 4. The normalized spacial score (nSPS) is 11.9. The fraction of sp³-hybridized carbons (Fsp3) is 0.300. The number of aromatic amines is 2. The Hall–Kier alpha value is -6.20. The van der Waals surface area contributed by atoms with E-state index >= 15 is 0 Å². The molecule has 2 amide bonds. The molecular formula is C40H48N6O10. The molecule has 5 heterocycles. The van der Waals surface area contributed by atoms with Crippen LogP contribution in [0.25, 0.3) is 50.4 Å². The molecule has 0 radical (unpaired) electrons. The number of fused-ring (bicyclic) bond motifs is 8. The highest BCUT2D eigenvalue weighted by molar-refractivity contribution is 5.98. The number of hydrogen-bond donors (Lipinski definition) is 10. The van der Waals surface area contributed by atoms with Gasteiger partial charge in [-0.15, -0.1) is 0 Å². The van der Waals surface area contributed by atoms with Gasteiger partial charge in [-0.3, -0.25) is 19.2 Å². The summed E-state index contributed by atoms with van der Waals surface area (Å²) in [6.45, 7) is 14.1. The van der Waals surface area contributed by atoms with Gasteiger partial charge in [-0.05, 0) is 98.2 Å². The number of amides is 2.